The number of fused-ring (bicyclic) bond motifs is 1. The van der Waals surface area contributed by atoms with Crippen molar-refractivity contribution in [3.05, 3.63) is 129 Å². The lowest BCUT2D eigenvalue weighted by Crippen LogP contribution is -2.56. The number of hydrogen-bond acceptors (Lipinski definition) is 7. The summed E-state index contributed by atoms with van der Waals surface area (Å²) in [6, 6.07) is 18.4. The molecule has 0 radical (unpaired) electrons. The Morgan fingerprint density at radius 3 is 2.24 bits per heavy atom. The highest BCUT2D eigenvalue weighted by Crippen LogP contribution is 2.29. The van der Waals surface area contributed by atoms with Crippen molar-refractivity contribution < 1.29 is 36.3 Å². The zero-order valence-corrected chi connectivity index (χ0v) is 22.9. The maximum atomic E-state index is 14.8. The summed E-state index contributed by atoms with van der Waals surface area (Å²) in [6.07, 6.45) is 0.852. The predicted molar refractivity (Wildman–Crippen MR) is 146 cm³/mol. The Hall–Kier alpha value is -5.04. The van der Waals surface area contributed by atoms with E-state index in [1.165, 1.54) is 36.4 Å². The van der Waals surface area contributed by atoms with Gasteiger partial charge in [0.25, 0.3) is 15.9 Å². The minimum Gasteiger partial charge on any atom is -0.482 e. The third-order valence-corrected chi connectivity index (χ3v) is 8.21. The summed E-state index contributed by atoms with van der Waals surface area (Å²) < 4.78 is 68.1. The quantitative estimate of drug-likeness (QED) is 0.287. The van der Waals surface area contributed by atoms with Crippen LogP contribution >= 0.6 is 0 Å². The Morgan fingerprint density at radius 1 is 0.905 bits per heavy atom. The van der Waals surface area contributed by atoms with Crippen LogP contribution in [-0.4, -0.2) is 43.6 Å². The third-order valence-electron chi connectivity index (χ3n) is 6.48. The number of benzene rings is 3. The Balaban J connectivity index is 1.72. The standard InChI is InChI=1S/C29H23F2N3O7S/c1-40-29(37)22-16-33-25(27(26(22)35)41-17-20-7-3-2-4-8-20)28(36)32(15-19-11-13-21(30)14-12-19)18-34(33)42(38,39)24-10-6-5-9-23(24)31/h2-14,16H,15,17-18H2,1H3. The molecule has 2 heterocycles. The van der Waals surface area contributed by atoms with E-state index >= 15 is 0 Å². The zero-order valence-electron chi connectivity index (χ0n) is 22.1. The minimum atomic E-state index is -4.75. The molecule has 216 valence electrons. The average Bonchev–Trinajstić information content (AvgIpc) is 2.99. The first-order chi connectivity index (χ1) is 20.1. The first-order valence-corrected chi connectivity index (χ1v) is 13.9. The molecule has 0 spiro atoms. The van der Waals surface area contributed by atoms with Crippen LogP contribution in [-0.2, 0) is 27.9 Å². The van der Waals surface area contributed by atoms with Gasteiger partial charge in [-0.25, -0.2) is 18.3 Å². The molecule has 4 aromatic rings. The van der Waals surface area contributed by atoms with E-state index in [1.807, 2.05) is 0 Å². The maximum Gasteiger partial charge on any atom is 0.343 e. The molecule has 1 aliphatic heterocycles. The van der Waals surface area contributed by atoms with E-state index in [1.54, 1.807) is 30.3 Å². The molecule has 5 rings (SSSR count). The molecular weight excluding hydrogens is 572 g/mol. The molecule has 0 saturated carbocycles. The summed E-state index contributed by atoms with van der Waals surface area (Å²) in [5, 5.41) is 0. The largest absolute Gasteiger partial charge is 0.482 e. The van der Waals surface area contributed by atoms with Crippen LogP contribution in [0.1, 0.15) is 32.0 Å². The lowest BCUT2D eigenvalue weighted by molar-refractivity contribution is 0.0591. The van der Waals surface area contributed by atoms with Crippen LogP contribution in [0.3, 0.4) is 0 Å². The zero-order chi connectivity index (χ0) is 30.0. The number of halogens is 2. The third kappa shape index (κ3) is 5.33. The summed E-state index contributed by atoms with van der Waals surface area (Å²) in [6.45, 7) is -1.06. The van der Waals surface area contributed by atoms with Crippen LogP contribution in [0.5, 0.6) is 5.75 Å². The maximum absolute atomic E-state index is 14.8. The lowest BCUT2D eigenvalue weighted by atomic mass is 10.1. The molecule has 13 heteroatoms. The van der Waals surface area contributed by atoms with Gasteiger partial charge >= 0.3 is 5.97 Å². The van der Waals surface area contributed by atoms with Crippen molar-refractivity contribution in [3.63, 3.8) is 0 Å². The number of pyridine rings is 1. The van der Waals surface area contributed by atoms with Crippen molar-refractivity contribution in [3.8, 4) is 5.75 Å². The van der Waals surface area contributed by atoms with Crippen LogP contribution in [0.4, 0.5) is 8.78 Å². The van der Waals surface area contributed by atoms with Crippen molar-refractivity contribution >= 4 is 21.9 Å². The second-order valence-corrected chi connectivity index (χ2v) is 11.0. The van der Waals surface area contributed by atoms with Crippen molar-refractivity contribution in [2.45, 2.75) is 18.0 Å². The highest BCUT2D eigenvalue weighted by Gasteiger charge is 2.41. The van der Waals surface area contributed by atoms with Gasteiger partial charge in [-0.15, -0.1) is 0 Å². The molecule has 42 heavy (non-hydrogen) atoms. The number of ether oxygens (including phenoxy) is 2. The van der Waals surface area contributed by atoms with E-state index < -0.39 is 67.5 Å². The van der Waals surface area contributed by atoms with E-state index in [4.69, 9.17) is 9.47 Å². The second-order valence-electron chi connectivity index (χ2n) is 9.19. The number of nitrogens with zero attached hydrogens (tertiary/aromatic N) is 3. The normalized spacial score (nSPS) is 13.1. The van der Waals surface area contributed by atoms with Crippen molar-refractivity contribution in [2.24, 2.45) is 0 Å². The first kappa shape index (κ1) is 28.5. The molecule has 0 bridgehead atoms. The van der Waals surface area contributed by atoms with Gasteiger partial charge in [0.1, 0.15) is 35.4 Å². The van der Waals surface area contributed by atoms with Crippen LogP contribution in [0.2, 0.25) is 0 Å². The Labute approximate surface area is 239 Å². The number of methoxy groups -OCH3 is 1. The summed E-state index contributed by atoms with van der Waals surface area (Å²) in [7, 11) is -3.72. The van der Waals surface area contributed by atoms with Crippen molar-refractivity contribution in [1.29, 1.82) is 0 Å². The fraction of sp³-hybridized carbons (Fsp3) is 0.138. The van der Waals surface area contributed by atoms with Gasteiger partial charge in [0.05, 0.1) is 7.11 Å². The fourth-order valence-electron chi connectivity index (χ4n) is 4.39. The first-order valence-electron chi connectivity index (χ1n) is 12.5. The molecule has 0 atom stereocenters. The van der Waals surface area contributed by atoms with Gasteiger partial charge in [0.2, 0.25) is 5.43 Å². The van der Waals surface area contributed by atoms with Crippen LogP contribution in [0.25, 0.3) is 0 Å². The summed E-state index contributed by atoms with van der Waals surface area (Å²) in [5.74, 6) is -4.11. The Bertz CT molecular complexity index is 1830. The molecule has 1 aromatic heterocycles. The monoisotopic (exact) mass is 595 g/mol. The van der Waals surface area contributed by atoms with Gasteiger partial charge in [-0.3, -0.25) is 9.59 Å². The minimum absolute atomic E-state index is 0.201. The van der Waals surface area contributed by atoms with E-state index in [0.717, 1.165) is 35.0 Å². The van der Waals surface area contributed by atoms with Gasteiger partial charge in [-0.2, -0.15) is 12.8 Å². The number of carbonyl (C=O) groups excluding carboxylic acids is 2. The van der Waals surface area contributed by atoms with E-state index in [2.05, 4.69) is 0 Å². The molecule has 0 saturated heterocycles. The predicted octanol–water partition coefficient (Wildman–Crippen LogP) is 3.43. The Kier molecular flexibility index (Phi) is 7.77. The second kappa shape index (κ2) is 11.4. The molecule has 10 nitrogen and oxygen atoms in total. The molecule has 0 fully saturated rings. The van der Waals surface area contributed by atoms with Gasteiger partial charge in [0.15, 0.2) is 11.4 Å². The van der Waals surface area contributed by atoms with Crippen molar-refractivity contribution in [1.82, 2.24) is 9.58 Å². The van der Waals surface area contributed by atoms with Gasteiger partial charge in [0, 0.05) is 12.7 Å². The highest BCUT2D eigenvalue weighted by molar-refractivity contribution is 7.92. The topological polar surface area (TPSA) is 115 Å². The van der Waals surface area contributed by atoms with E-state index in [0.29, 0.717) is 15.5 Å². The number of amides is 1. The number of rotatable bonds is 8. The summed E-state index contributed by atoms with van der Waals surface area (Å²) in [5.41, 5.74) is -1.08. The van der Waals surface area contributed by atoms with Gasteiger partial charge in [-0.1, -0.05) is 54.6 Å². The molecule has 0 N–H and O–H groups in total. The van der Waals surface area contributed by atoms with Crippen LogP contribution < -0.4 is 14.6 Å². The van der Waals surface area contributed by atoms with E-state index in [9.17, 15) is 31.6 Å². The van der Waals surface area contributed by atoms with Crippen LogP contribution in [0, 0.1) is 11.6 Å². The SMILES string of the molecule is COC(=O)c1cn2c(c(OCc3ccccc3)c1=O)C(=O)N(Cc1ccc(F)cc1)CN2S(=O)(=O)c1ccccc1F. The molecule has 1 aliphatic rings. The summed E-state index contributed by atoms with van der Waals surface area (Å²) in [4.78, 5) is 40.4. The molecule has 0 unspecified atom stereocenters. The smallest absolute Gasteiger partial charge is 0.343 e. The molecule has 0 aliphatic carbocycles. The molecule has 3 aromatic carbocycles. The molecule has 1 amide bonds. The van der Waals surface area contributed by atoms with Crippen molar-refractivity contribution in [2.75, 3.05) is 18.2 Å². The number of sulfonamides is 1. The van der Waals surface area contributed by atoms with E-state index in [-0.39, 0.29) is 13.2 Å². The lowest BCUT2D eigenvalue weighted by Gasteiger charge is -2.39. The highest BCUT2D eigenvalue weighted by atomic mass is 32.2. The summed E-state index contributed by atoms with van der Waals surface area (Å²) >= 11 is 0. The number of hydrogen-bond donors (Lipinski definition) is 0. The molecular formula is C29H23F2N3O7S. The Morgan fingerprint density at radius 2 is 1.57 bits per heavy atom. The fourth-order valence-corrected chi connectivity index (χ4v) is 5.83. The van der Waals surface area contributed by atoms with Gasteiger partial charge < -0.3 is 14.4 Å². The number of esters is 1. The van der Waals surface area contributed by atoms with Gasteiger partial charge in [-0.05, 0) is 35.4 Å². The van der Waals surface area contributed by atoms with Crippen LogP contribution in [0.15, 0.2) is 94.7 Å². The average molecular weight is 596 g/mol. The number of aromatic nitrogens is 1. The number of carbonyl (C=O) groups is 2.